The van der Waals surface area contributed by atoms with Gasteiger partial charge in [0, 0.05) is 20.1 Å². The molecule has 1 N–H and O–H groups in total. The Bertz CT molecular complexity index is 185. The summed E-state index contributed by atoms with van der Waals surface area (Å²) in [7, 11) is 1.64. The maximum atomic E-state index is 10.0. The normalized spacial score (nSPS) is 21.6. The third-order valence-electron chi connectivity index (χ3n) is 2.42. The van der Waals surface area contributed by atoms with E-state index in [1.165, 1.54) is 0 Å². The molecular weight excluding hydrogens is 168 g/mol. The summed E-state index contributed by atoms with van der Waals surface area (Å²) in [4.78, 5) is 0. The number of ether oxygens (including phenoxy) is 2. The van der Waals surface area contributed by atoms with Gasteiger partial charge in [0.15, 0.2) is 0 Å². The van der Waals surface area contributed by atoms with Gasteiger partial charge in [0.05, 0.1) is 18.5 Å². The van der Waals surface area contributed by atoms with Crippen molar-refractivity contribution >= 4 is 0 Å². The van der Waals surface area contributed by atoms with Crippen molar-refractivity contribution in [2.24, 2.45) is 0 Å². The maximum Gasteiger partial charge on any atom is 0.0882 e. The van der Waals surface area contributed by atoms with Gasteiger partial charge >= 0.3 is 0 Å². The van der Waals surface area contributed by atoms with Gasteiger partial charge in [-0.05, 0) is 25.3 Å². The molecule has 3 heteroatoms. The minimum Gasteiger partial charge on any atom is -0.501 e. The highest BCUT2D eigenvalue weighted by Gasteiger charge is 2.26. The van der Waals surface area contributed by atoms with Gasteiger partial charge in [-0.3, -0.25) is 0 Å². The van der Waals surface area contributed by atoms with E-state index in [4.69, 9.17) is 9.47 Å². The molecule has 0 radical (unpaired) electrons. The third kappa shape index (κ3) is 3.01. The number of hydrogen-bond donors (Lipinski definition) is 1. The molecule has 76 valence electrons. The van der Waals surface area contributed by atoms with Crippen LogP contribution in [0, 0.1) is 0 Å². The van der Waals surface area contributed by atoms with Crippen LogP contribution in [-0.2, 0) is 9.47 Å². The SMILES string of the molecule is COCCC(C)(O)C1=COCCC1. The van der Waals surface area contributed by atoms with Gasteiger partial charge in [-0.1, -0.05) is 0 Å². The fourth-order valence-corrected chi connectivity index (χ4v) is 1.42. The van der Waals surface area contributed by atoms with Crippen LogP contribution in [0.5, 0.6) is 0 Å². The minimum atomic E-state index is -0.767. The average Bonchev–Trinajstić information content (AvgIpc) is 2.16. The van der Waals surface area contributed by atoms with Crippen LogP contribution >= 0.6 is 0 Å². The molecule has 0 bridgehead atoms. The lowest BCUT2D eigenvalue weighted by Gasteiger charge is -2.28. The molecule has 1 unspecified atom stereocenters. The molecule has 1 aliphatic rings. The highest BCUT2D eigenvalue weighted by atomic mass is 16.5. The third-order valence-corrected chi connectivity index (χ3v) is 2.42. The number of aliphatic hydroxyl groups is 1. The first-order valence-electron chi connectivity index (χ1n) is 4.69. The molecule has 1 rings (SSSR count). The van der Waals surface area contributed by atoms with Crippen molar-refractivity contribution in [1.82, 2.24) is 0 Å². The van der Waals surface area contributed by atoms with Crippen molar-refractivity contribution in [1.29, 1.82) is 0 Å². The van der Waals surface area contributed by atoms with Crippen LogP contribution < -0.4 is 0 Å². The molecule has 0 aromatic carbocycles. The second-order valence-electron chi connectivity index (χ2n) is 3.63. The predicted molar refractivity (Wildman–Crippen MR) is 50.4 cm³/mol. The Hall–Kier alpha value is -0.540. The van der Waals surface area contributed by atoms with E-state index in [1.807, 2.05) is 6.92 Å². The minimum absolute atomic E-state index is 0.574. The first-order valence-corrected chi connectivity index (χ1v) is 4.69. The first-order chi connectivity index (χ1) is 6.17. The van der Waals surface area contributed by atoms with Crippen LogP contribution in [0.15, 0.2) is 11.8 Å². The first kappa shape index (κ1) is 10.5. The summed E-state index contributed by atoms with van der Waals surface area (Å²) in [5.41, 5.74) is 0.215. The smallest absolute Gasteiger partial charge is 0.0882 e. The quantitative estimate of drug-likeness (QED) is 0.722. The molecule has 0 aromatic rings. The molecule has 3 nitrogen and oxygen atoms in total. The van der Waals surface area contributed by atoms with E-state index in [1.54, 1.807) is 13.4 Å². The number of methoxy groups -OCH3 is 1. The van der Waals surface area contributed by atoms with Crippen molar-refractivity contribution in [3.8, 4) is 0 Å². The van der Waals surface area contributed by atoms with E-state index in [0.717, 1.165) is 25.0 Å². The zero-order valence-corrected chi connectivity index (χ0v) is 8.38. The van der Waals surface area contributed by atoms with Crippen LogP contribution in [-0.4, -0.2) is 31.0 Å². The van der Waals surface area contributed by atoms with Gasteiger partial charge in [-0.2, -0.15) is 0 Å². The Kier molecular flexibility index (Phi) is 3.75. The molecule has 0 spiro atoms. The maximum absolute atomic E-state index is 10.0. The molecule has 13 heavy (non-hydrogen) atoms. The van der Waals surface area contributed by atoms with Crippen LogP contribution in [0.3, 0.4) is 0 Å². The van der Waals surface area contributed by atoms with E-state index in [-0.39, 0.29) is 0 Å². The standard InChI is InChI=1S/C10H18O3/c1-10(11,5-7-12-2)9-4-3-6-13-8-9/h8,11H,3-7H2,1-2H3. The lowest BCUT2D eigenvalue weighted by atomic mass is 9.89. The summed E-state index contributed by atoms with van der Waals surface area (Å²) in [6.07, 6.45) is 4.24. The van der Waals surface area contributed by atoms with Crippen LogP contribution in [0.25, 0.3) is 0 Å². The van der Waals surface area contributed by atoms with Crippen molar-refractivity contribution in [3.05, 3.63) is 11.8 Å². The van der Waals surface area contributed by atoms with E-state index in [2.05, 4.69) is 0 Å². The Morgan fingerprint density at radius 2 is 2.46 bits per heavy atom. The topological polar surface area (TPSA) is 38.7 Å². The monoisotopic (exact) mass is 186 g/mol. The van der Waals surface area contributed by atoms with Crippen molar-refractivity contribution < 1.29 is 14.6 Å². The molecule has 1 heterocycles. The largest absolute Gasteiger partial charge is 0.501 e. The zero-order chi connectivity index (χ0) is 9.73. The summed E-state index contributed by atoms with van der Waals surface area (Å²) in [5, 5.41) is 10.0. The van der Waals surface area contributed by atoms with Gasteiger partial charge in [0.2, 0.25) is 0 Å². The number of rotatable bonds is 4. The van der Waals surface area contributed by atoms with Crippen LogP contribution in [0.1, 0.15) is 26.2 Å². The molecular formula is C10H18O3. The van der Waals surface area contributed by atoms with E-state index in [0.29, 0.717) is 13.0 Å². The summed E-state index contributed by atoms with van der Waals surface area (Å²) in [5.74, 6) is 0. The molecule has 0 saturated heterocycles. The van der Waals surface area contributed by atoms with Gasteiger partial charge in [-0.15, -0.1) is 0 Å². The fourth-order valence-electron chi connectivity index (χ4n) is 1.42. The van der Waals surface area contributed by atoms with Crippen LogP contribution in [0.4, 0.5) is 0 Å². The van der Waals surface area contributed by atoms with E-state index >= 15 is 0 Å². The molecule has 0 amide bonds. The Labute approximate surface area is 79.3 Å². The Morgan fingerprint density at radius 3 is 3.00 bits per heavy atom. The second kappa shape index (κ2) is 4.63. The molecule has 0 saturated carbocycles. The summed E-state index contributed by atoms with van der Waals surface area (Å²) >= 11 is 0. The Balaban J connectivity index is 2.51. The highest BCUT2D eigenvalue weighted by molar-refractivity contribution is 5.14. The van der Waals surface area contributed by atoms with Crippen molar-refractivity contribution in [2.75, 3.05) is 20.3 Å². The summed E-state index contributed by atoms with van der Waals surface area (Å²) < 4.78 is 10.1. The fraction of sp³-hybridized carbons (Fsp3) is 0.800. The lowest BCUT2D eigenvalue weighted by molar-refractivity contribution is 0.0439. The molecule has 0 aromatic heterocycles. The molecule has 1 aliphatic heterocycles. The van der Waals surface area contributed by atoms with Gasteiger partial charge in [-0.25, -0.2) is 0 Å². The van der Waals surface area contributed by atoms with Gasteiger partial charge in [0.1, 0.15) is 0 Å². The van der Waals surface area contributed by atoms with Crippen LogP contribution in [0.2, 0.25) is 0 Å². The predicted octanol–water partition coefficient (Wildman–Crippen LogP) is 1.47. The van der Waals surface area contributed by atoms with E-state index < -0.39 is 5.60 Å². The van der Waals surface area contributed by atoms with Crippen molar-refractivity contribution in [2.45, 2.75) is 31.8 Å². The average molecular weight is 186 g/mol. The lowest BCUT2D eigenvalue weighted by Crippen LogP contribution is -2.30. The Morgan fingerprint density at radius 1 is 1.69 bits per heavy atom. The van der Waals surface area contributed by atoms with E-state index in [9.17, 15) is 5.11 Å². The number of hydrogen-bond acceptors (Lipinski definition) is 3. The van der Waals surface area contributed by atoms with Crippen molar-refractivity contribution in [3.63, 3.8) is 0 Å². The second-order valence-corrected chi connectivity index (χ2v) is 3.63. The zero-order valence-electron chi connectivity index (χ0n) is 8.38. The summed E-state index contributed by atoms with van der Waals surface area (Å²) in [6.45, 7) is 3.15. The molecule has 0 aliphatic carbocycles. The highest BCUT2D eigenvalue weighted by Crippen LogP contribution is 2.27. The molecule has 1 atom stereocenters. The summed E-state index contributed by atoms with van der Waals surface area (Å²) in [6, 6.07) is 0. The van der Waals surface area contributed by atoms with Gasteiger partial charge in [0.25, 0.3) is 0 Å². The molecule has 0 fully saturated rings. The van der Waals surface area contributed by atoms with Gasteiger partial charge < -0.3 is 14.6 Å².